The van der Waals surface area contributed by atoms with Crippen molar-refractivity contribution in [2.75, 3.05) is 5.32 Å². The second-order valence-corrected chi connectivity index (χ2v) is 4.26. The van der Waals surface area contributed by atoms with Crippen LogP contribution in [0.1, 0.15) is 5.56 Å². The number of non-ortho nitro benzene ring substituents is 1. The summed E-state index contributed by atoms with van der Waals surface area (Å²) < 4.78 is 5.52. The number of hydrogen-bond acceptors (Lipinski definition) is 5. The molecule has 0 fully saturated rings. The number of para-hydroxylation sites is 2. The van der Waals surface area contributed by atoms with Crippen LogP contribution in [0.15, 0.2) is 52.9 Å². The van der Waals surface area contributed by atoms with Gasteiger partial charge in [-0.3, -0.25) is 10.1 Å². The molecular weight excluding hydrogens is 258 g/mol. The smallest absolute Gasteiger partial charge is 0.295 e. The molecule has 0 spiro atoms. The van der Waals surface area contributed by atoms with E-state index in [1.54, 1.807) is 12.1 Å². The topological polar surface area (TPSA) is 81.2 Å². The second-order valence-electron chi connectivity index (χ2n) is 4.26. The number of anilines is 1. The first kappa shape index (κ1) is 12.2. The standard InChI is InChI=1S/C14H11N3O3/c18-17(19)11-7-5-10(6-8-11)9-15-14-16-12-3-1-2-4-13(12)20-14/h1-8H,9H2,(H,15,16). The number of hydrogen-bond donors (Lipinski definition) is 1. The maximum atomic E-state index is 10.6. The van der Waals surface area contributed by atoms with Crippen LogP contribution in [0.4, 0.5) is 11.7 Å². The summed E-state index contributed by atoms with van der Waals surface area (Å²) in [4.78, 5) is 14.4. The molecule has 20 heavy (non-hydrogen) atoms. The normalized spacial score (nSPS) is 10.6. The van der Waals surface area contributed by atoms with Gasteiger partial charge in [-0.2, -0.15) is 4.98 Å². The largest absolute Gasteiger partial charge is 0.424 e. The van der Waals surface area contributed by atoms with Gasteiger partial charge in [0.1, 0.15) is 5.52 Å². The lowest BCUT2D eigenvalue weighted by atomic mass is 10.2. The molecule has 3 aromatic rings. The molecule has 0 aliphatic heterocycles. The maximum Gasteiger partial charge on any atom is 0.295 e. The van der Waals surface area contributed by atoms with Gasteiger partial charge in [0.15, 0.2) is 5.58 Å². The molecular formula is C14H11N3O3. The van der Waals surface area contributed by atoms with Gasteiger partial charge in [0.05, 0.1) is 4.92 Å². The van der Waals surface area contributed by atoms with E-state index in [2.05, 4.69) is 10.3 Å². The molecule has 0 aliphatic carbocycles. The molecule has 1 aromatic heterocycles. The molecule has 0 radical (unpaired) electrons. The van der Waals surface area contributed by atoms with Crippen LogP contribution in [0.5, 0.6) is 0 Å². The lowest BCUT2D eigenvalue weighted by Gasteiger charge is -2.01. The molecule has 1 heterocycles. The van der Waals surface area contributed by atoms with E-state index < -0.39 is 4.92 Å². The van der Waals surface area contributed by atoms with Crippen molar-refractivity contribution in [1.29, 1.82) is 0 Å². The van der Waals surface area contributed by atoms with Crippen molar-refractivity contribution in [3.8, 4) is 0 Å². The Hall–Kier alpha value is -2.89. The summed E-state index contributed by atoms with van der Waals surface area (Å²) in [6, 6.07) is 14.3. The third-order valence-corrected chi connectivity index (χ3v) is 2.88. The fourth-order valence-corrected chi connectivity index (χ4v) is 1.86. The van der Waals surface area contributed by atoms with E-state index in [1.807, 2.05) is 24.3 Å². The summed E-state index contributed by atoms with van der Waals surface area (Å²) in [5, 5.41) is 13.6. The van der Waals surface area contributed by atoms with Crippen LogP contribution in [-0.4, -0.2) is 9.91 Å². The Balaban J connectivity index is 1.71. The number of nitrogens with zero attached hydrogens (tertiary/aromatic N) is 2. The first-order valence-electron chi connectivity index (χ1n) is 6.05. The Kier molecular flexibility index (Phi) is 3.04. The van der Waals surface area contributed by atoms with Gasteiger partial charge >= 0.3 is 0 Å². The highest BCUT2D eigenvalue weighted by Gasteiger charge is 2.06. The van der Waals surface area contributed by atoms with Crippen LogP contribution < -0.4 is 5.32 Å². The lowest BCUT2D eigenvalue weighted by molar-refractivity contribution is -0.384. The Labute approximate surface area is 114 Å². The molecule has 0 saturated carbocycles. The minimum Gasteiger partial charge on any atom is -0.424 e. The van der Waals surface area contributed by atoms with Gasteiger partial charge in [0.2, 0.25) is 0 Å². The van der Waals surface area contributed by atoms with E-state index in [0.29, 0.717) is 12.6 Å². The van der Waals surface area contributed by atoms with E-state index in [4.69, 9.17) is 4.42 Å². The zero-order chi connectivity index (χ0) is 13.9. The molecule has 0 bridgehead atoms. The average molecular weight is 269 g/mol. The summed E-state index contributed by atoms with van der Waals surface area (Å²) in [7, 11) is 0. The molecule has 0 saturated heterocycles. The quantitative estimate of drug-likeness (QED) is 0.580. The van der Waals surface area contributed by atoms with Gasteiger partial charge in [-0.25, -0.2) is 0 Å². The predicted octanol–water partition coefficient (Wildman–Crippen LogP) is 3.35. The van der Waals surface area contributed by atoms with Gasteiger partial charge in [0, 0.05) is 18.7 Å². The van der Waals surface area contributed by atoms with Crippen molar-refractivity contribution in [1.82, 2.24) is 4.98 Å². The van der Waals surface area contributed by atoms with E-state index >= 15 is 0 Å². The Bertz CT molecular complexity index is 717. The predicted molar refractivity (Wildman–Crippen MR) is 74.4 cm³/mol. The third kappa shape index (κ3) is 2.44. The summed E-state index contributed by atoms with van der Waals surface area (Å²) in [6.45, 7) is 0.491. The minimum absolute atomic E-state index is 0.0793. The van der Waals surface area contributed by atoms with Crippen LogP contribution in [0.3, 0.4) is 0 Å². The van der Waals surface area contributed by atoms with Crippen LogP contribution in [-0.2, 0) is 6.54 Å². The molecule has 100 valence electrons. The zero-order valence-electron chi connectivity index (χ0n) is 10.4. The molecule has 6 nitrogen and oxygen atoms in total. The molecule has 6 heteroatoms. The van der Waals surface area contributed by atoms with Crippen molar-refractivity contribution in [2.45, 2.75) is 6.54 Å². The van der Waals surface area contributed by atoms with Crippen molar-refractivity contribution in [3.05, 3.63) is 64.2 Å². The first-order valence-corrected chi connectivity index (χ1v) is 6.05. The zero-order valence-corrected chi connectivity index (χ0v) is 10.4. The molecule has 0 unspecified atom stereocenters. The van der Waals surface area contributed by atoms with E-state index in [9.17, 15) is 10.1 Å². The summed E-state index contributed by atoms with van der Waals surface area (Å²) >= 11 is 0. The number of nitro groups is 1. The third-order valence-electron chi connectivity index (χ3n) is 2.88. The van der Waals surface area contributed by atoms with Gasteiger partial charge in [-0.1, -0.05) is 24.3 Å². The van der Waals surface area contributed by atoms with Gasteiger partial charge in [-0.05, 0) is 17.7 Å². The van der Waals surface area contributed by atoms with Gasteiger partial charge in [0.25, 0.3) is 11.7 Å². The molecule has 2 aromatic carbocycles. The fraction of sp³-hybridized carbons (Fsp3) is 0.0714. The number of oxazole rings is 1. The molecule has 3 rings (SSSR count). The van der Waals surface area contributed by atoms with Crippen molar-refractivity contribution in [3.63, 3.8) is 0 Å². The molecule has 0 amide bonds. The molecule has 0 aliphatic rings. The Morgan fingerprint density at radius 3 is 2.60 bits per heavy atom. The number of rotatable bonds is 4. The van der Waals surface area contributed by atoms with Crippen molar-refractivity contribution >= 4 is 22.8 Å². The highest BCUT2D eigenvalue weighted by atomic mass is 16.6. The SMILES string of the molecule is O=[N+]([O-])c1ccc(CNc2nc3ccccc3o2)cc1. The number of aromatic nitrogens is 1. The van der Waals surface area contributed by atoms with Crippen LogP contribution in [0.25, 0.3) is 11.1 Å². The van der Waals surface area contributed by atoms with Crippen molar-refractivity contribution in [2.24, 2.45) is 0 Å². The molecule has 1 N–H and O–H groups in total. The van der Waals surface area contributed by atoms with Crippen LogP contribution in [0.2, 0.25) is 0 Å². The first-order chi connectivity index (χ1) is 9.72. The summed E-state index contributed by atoms with van der Waals surface area (Å²) in [5.74, 6) is 0. The highest BCUT2D eigenvalue weighted by Crippen LogP contribution is 2.19. The van der Waals surface area contributed by atoms with Gasteiger partial charge < -0.3 is 9.73 Å². The Morgan fingerprint density at radius 1 is 1.15 bits per heavy atom. The Morgan fingerprint density at radius 2 is 1.90 bits per heavy atom. The summed E-state index contributed by atoms with van der Waals surface area (Å²) in [6.07, 6.45) is 0. The second kappa shape index (κ2) is 5.00. The summed E-state index contributed by atoms with van der Waals surface area (Å²) in [5.41, 5.74) is 2.51. The van der Waals surface area contributed by atoms with E-state index in [0.717, 1.165) is 16.7 Å². The number of fused-ring (bicyclic) bond motifs is 1. The van der Waals surface area contributed by atoms with Crippen molar-refractivity contribution < 1.29 is 9.34 Å². The highest BCUT2D eigenvalue weighted by molar-refractivity contribution is 5.74. The monoisotopic (exact) mass is 269 g/mol. The van der Waals surface area contributed by atoms with E-state index in [1.165, 1.54) is 12.1 Å². The van der Waals surface area contributed by atoms with Crippen LogP contribution >= 0.6 is 0 Å². The lowest BCUT2D eigenvalue weighted by Crippen LogP contribution is -1.99. The molecule has 0 atom stereocenters. The number of nitrogens with one attached hydrogen (secondary N) is 1. The van der Waals surface area contributed by atoms with E-state index in [-0.39, 0.29) is 5.69 Å². The van der Waals surface area contributed by atoms with Crippen LogP contribution in [0, 0.1) is 10.1 Å². The van der Waals surface area contributed by atoms with Gasteiger partial charge in [-0.15, -0.1) is 0 Å². The number of benzene rings is 2. The minimum atomic E-state index is -0.419. The average Bonchev–Trinajstić information content (AvgIpc) is 2.88. The number of nitro benzene ring substituents is 1. The fourth-order valence-electron chi connectivity index (χ4n) is 1.86. The maximum absolute atomic E-state index is 10.6.